The Morgan fingerprint density at radius 1 is 1.45 bits per heavy atom. The van der Waals surface area contributed by atoms with Crippen LogP contribution in [0.5, 0.6) is 11.5 Å². The number of ether oxygens (including phenoxy) is 2. The number of hydrogen-bond donors (Lipinski definition) is 2. The molecule has 0 fully saturated rings. The molecule has 0 saturated heterocycles. The van der Waals surface area contributed by atoms with Gasteiger partial charge in [-0.05, 0) is 30.7 Å². The number of halogens is 1. The number of methoxy groups -OCH3 is 2. The minimum atomic E-state index is -0.581. The summed E-state index contributed by atoms with van der Waals surface area (Å²) in [5.41, 5.74) is 0.708. The SMILES string of the molecule is COc1cc(/C=C/C(=O)NCC(C)O)cc(Cl)c1OC. The van der Waals surface area contributed by atoms with Crippen molar-refractivity contribution in [2.45, 2.75) is 13.0 Å². The zero-order chi connectivity index (χ0) is 15.1. The Labute approximate surface area is 123 Å². The average Bonchev–Trinajstić information content (AvgIpc) is 2.42. The zero-order valence-electron chi connectivity index (χ0n) is 11.6. The van der Waals surface area contributed by atoms with Gasteiger partial charge in [0.25, 0.3) is 0 Å². The van der Waals surface area contributed by atoms with Crippen molar-refractivity contribution < 1.29 is 19.4 Å². The third kappa shape index (κ3) is 4.75. The largest absolute Gasteiger partial charge is 0.493 e. The molecule has 1 rings (SSSR count). The highest BCUT2D eigenvalue weighted by molar-refractivity contribution is 6.32. The number of rotatable bonds is 6. The van der Waals surface area contributed by atoms with E-state index in [1.165, 1.54) is 20.3 Å². The van der Waals surface area contributed by atoms with Gasteiger partial charge in [-0.1, -0.05) is 11.6 Å². The first-order valence-corrected chi connectivity index (χ1v) is 6.41. The number of nitrogens with one attached hydrogen (secondary N) is 1. The minimum absolute atomic E-state index is 0.204. The molecular weight excluding hydrogens is 282 g/mol. The number of benzene rings is 1. The van der Waals surface area contributed by atoms with Crippen molar-refractivity contribution in [1.82, 2.24) is 5.32 Å². The van der Waals surface area contributed by atoms with Crippen LogP contribution in [0.2, 0.25) is 5.02 Å². The Morgan fingerprint density at radius 2 is 2.15 bits per heavy atom. The maximum absolute atomic E-state index is 11.5. The van der Waals surface area contributed by atoms with E-state index in [0.29, 0.717) is 22.1 Å². The molecule has 0 aliphatic rings. The van der Waals surface area contributed by atoms with E-state index in [1.54, 1.807) is 25.1 Å². The number of hydrogen-bond acceptors (Lipinski definition) is 4. The van der Waals surface area contributed by atoms with Crippen molar-refractivity contribution in [3.8, 4) is 11.5 Å². The Hall–Kier alpha value is -1.72. The second-order valence-corrected chi connectivity index (χ2v) is 4.57. The first-order chi connectivity index (χ1) is 9.47. The van der Waals surface area contributed by atoms with Crippen LogP contribution in [0.15, 0.2) is 18.2 Å². The topological polar surface area (TPSA) is 67.8 Å². The van der Waals surface area contributed by atoms with E-state index in [1.807, 2.05) is 0 Å². The van der Waals surface area contributed by atoms with Crippen LogP contribution in [0.1, 0.15) is 12.5 Å². The minimum Gasteiger partial charge on any atom is -0.493 e. The van der Waals surface area contributed by atoms with Crippen molar-refractivity contribution in [3.63, 3.8) is 0 Å². The van der Waals surface area contributed by atoms with Gasteiger partial charge in [0.05, 0.1) is 25.3 Å². The molecule has 0 spiro atoms. The molecule has 110 valence electrons. The average molecular weight is 300 g/mol. The molecule has 2 N–H and O–H groups in total. The molecule has 20 heavy (non-hydrogen) atoms. The highest BCUT2D eigenvalue weighted by Crippen LogP contribution is 2.36. The molecule has 0 bridgehead atoms. The molecule has 0 radical (unpaired) electrons. The molecule has 1 aromatic carbocycles. The molecule has 1 atom stereocenters. The van der Waals surface area contributed by atoms with Crippen molar-refractivity contribution in [2.24, 2.45) is 0 Å². The molecule has 0 heterocycles. The van der Waals surface area contributed by atoms with E-state index in [4.69, 9.17) is 26.2 Å². The molecule has 1 unspecified atom stereocenters. The summed E-state index contributed by atoms with van der Waals surface area (Å²) in [6, 6.07) is 3.38. The smallest absolute Gasteiger partial charge is 0.244 e. The Morgan fingerprint density at radius 3 is 2.70 bits per heavy atom. The fourth-order valence-corrected chi connectivity index (χ4v) is 1.81. The number of aliphatic hydroxyl groups excluding tert-OH is 1. The van der Waals surface area contributed by atoms with E-state index < -0.39 is 6.10 Å². The number of amides is 1. The van der Waals surface area contributed by atoms with Crippen LogP contribution < -0.4 is 14.8 Å². The molecular formula is C14H18ClNO4. The number of carbonyl (C=O) groups is 1. The third-order valence-electron chi connectivity index (χ3n) is 2.45. The van der Waals surface area contributed by atoms with Crippen molar-refractivity contribution in [1.29, 1.82) is 0 Å². The van der Waals surface area contributed by atoms with E-state index >= 15 is 0 Å². The van der Waals surface area contributed by atoms with E-state index in [0.717, 1.165) is 0 Å². The van der Waals surface area contributed by atoms with Crippen molar-refractivity contribution in [3.05, 3.63) is 28.8 Å². The molecule has 0 aromatic heterocycles. The van der Waals surface area contributed by atoms with Gasteiger partial charge >= 0.3 is 0 Å². The van der Waals surface area contributed by atoms with Gasteiger partial charge in [-0.2, -0.15) is 0 Å². The highest BCUT2D eigenvalue weighted by Gasteiger charge is 2.09. The molecule has 0 aliphatic heterocycles. The van der Waals surface area contributed by atoms with Crippen molar-refractivity contribution in [2.75, 3.05) is 20.8 Å². The maximum Gasteiger partial charge on any atom is 0.244 e. The van der Waals surface area contributed by atoms with Crippen LogP contribution in [0.4, 0.5) is 0 Å². The molecule has 1 aromatic rings. The van der Waals surface area contributed by atoms with Gasteiger partial charge in [0.15, 0.2) is 11.5 Å². The van der Waals surface area contributed by atoms with Crippen LogP contribution >= 0.6 is 11.6 Å². The van der Waals surface area contributed by atoms with E-state index in [9.17, 15) is 4.79 Å². The lowest BCUT2D eigenvalue weighted by atomic mass is 10.2. The van der Waals surface area contributed by atoms with Crippen LogP contribution in [-0.2, 0) is 4.79 Å². The lowest BCUT2D eigenvalue weighted by Gasteiger charge is -2.10. The fraction of sp³-hybridized carbons (Fsp3) is 0.357. The van der Waals surface area contributed by atoms with Gasteiger partial charge in [-0.25, -0.2) is 0 Å². The van der Waals surface area contributed by atoms with Crippen LogP contribution in [0.25, 0.3) is 6.08 Å². The lowest BCUT2D eigenvalue weighted by Crippen LogP contribution is -2.28. The first kappa shape index (κ1) is 16.3. The summed E-state index contributed by atoms with van der Waals surface area (Å²) < 4.78 is 10.3. The summed E-state index contributed by atoms with van der Waals surface area (Å²) in [7, 11) is 3.01. The Kier molecular flexibility index (Phi) is 6.35. The zero-order valence-corrected chi connectivity index (χ0v) is 12.4. The Bertz CT molecular complexity index is 500. The van der Waals surface area contributed by atoms with Gasteiger partial charge in [0, 0.05) is 12.6 Å². The second-order valence-electron chi connectivity index (χ2n) is 4.17. The number of aliphatic hydroxyl groups is 1. The summed E-state index contributed by atoms with van der Waals surface area (Å²) in [6.07, 6.45) is 2.38. The van der Waals surface area contributed by atoms with Crippen LogP contribution in [0, 0.1) is 0 Å². The third-order valence-corrected chi connectivity index (χ3v) is 2.74. The lowest BCUT2D eigenvalue weighted by molar-refractivity contribution is -0.116. The van der Waals surface area contributed by atoms with E-state index in [-0.39, 0.29) is 12.5 Å². The normalized spacial score (nSPS) is 12.2. The fourth-order valence-electron chi connectivity index (χ4n) is 1.51. The van der Waals surface area contributed by atoms with Crippen LogP contribution in [0.3, 0.4) is 0 Å². The van der Waals surface area contributed by atoms with Gasteiger partial charge in [-0.3, -0.25) is 4.79 Å². The summed E-state index contributed by atoms with van der Waals surface area (Å²) >= 11 is 6.06. The summed E-state index contributed by atoms with van der Waals surface area (Å²) in [4.78, 5) is 11.5. The maximum atomic E-state index is 11.5. The summed E-state index contributed by atoms with van der Waals surface area (Å²) in [6.45, 7) is 1.80. The molecule has 0 aliphatic carbocycles. The van der Waals surface area contributed by atoms with Crippen LogP contribution in [-0.4, -0.2) is 37.9 Å². The predicted octanol–water partition coefficient (Wildman–Crippen LogP) is 1.87. The molecule has 6 heteroatoms. The van der Waals surface area contributed by atoms with Gasteiger partial charge in [0.2, 0.25) is 5.91 Å². The predicted molar refractivity (Wildman–Crippen MR) is 78.3 cm³/mol. The highest BCUT2D eigenvalue weighted by atomic mass is 35.5. The monoisotopic (exact) mass is 299 g/mol. The molecule has 1 amide bonds. The first-order valence-electron chi connectivity index (χ1n) is 6.03. The van der Waals surface area contributed by atoms with E-state index in [2.05, 4.69) is 5.32 Å². The summed E-state index contributed by atoms with van der Waals surface area (Å²) in [5, 5.41) is 12.0. The molecule has 5 nitrogen and oxygen atoms in total. The van der Waals surface area contributed by atoms with Gasteiger partial charge in [-0.15, -0.1) is 0 Å². The number of carbonyl (C=O) groups excluding carboxylic acids is 1. The quantitative estimate of drug-likeness (QED) is 0.787. The van der Waals surface area contributed by atoms with Crippen molar-refractivity contribution >= 4 is 23.6 Å². The Balaban J connectivity index is 2.82. The standard InChI is InChI=1S/C14H18ClNO4/c1-9(17)8-16-13(18)5-4-10-6-11(15)14(20-3)12(7-10)19-2/h4-7,9,17H,8H2,1-3H3,(H,16,18)/b5-4+. The molecule has 0 saturated carbocycles. The summed E-state index contributed by atoms with van der Waals surface area (Å²) in [5.74, 6) is 0.644. The van der Waals surface area contributed by atoms with Gasteiger partial charge in [0.1, 0.15) is 0 Å². The second kappa shape index (κ2) is 7.77. The van der Waals surface area contributed by atoms with Gasteiger partial charge < -0.3 is 19.9 Å².